The van der Waals surface area contributed by atoms with Crippen molar-refractivity contribution in [2.45, 2.75) is 32.1 Å². The molecule has 2 rings (SSSR count). The van der Waals surface area contributed by atoms with Gasteiger partial charge in [-0.05, 0) is 43.4 Å². The lowest BCUT2D eigenvalue weighted by molar-refractivity contribution is -0.136. The quantitative estimate of drug-likeness (QED) is 0.869. The molecule has 0 unspecified atom stereocenters. The van der Waals surface area contributed by atoms with E-state index in [1.165, 1.54) is 24.9 Å². The van der Waals surface area contributed by atoms with Gasteiger partial charge in [-0.2, -0.15) is 0 Å². The second-order valence-electron chi connectivity index (χ2n) is 4.61. The number of aliphatic carboxylic acids is 1. The molecule has 1 saturated heterocycles. The molecule has 17 heavy (non-hydrogen) atoms. The summed E-state index contributed by atoms with van der Waals surface area (Å²) >= 11 is 0. The molecule has 3 heteroatoms. The Hall–Kier alpha value is -1.51. The fourth-order valence-corrected chi connectivity index (χ4v) is 2.28. The number of carboxylic acid groups (broad SMARTS) is 1. The van der Waals surface area contributed by atoms with E-state index in [2.05, 4.69) is 17.0 Å². The molecule has 0 spiro atoms. The second kappa shape index (κ2) is 5.71. The number of benzene rings is 1. The highest BCUT2D eigenvalue weighted by molar-refractivity contribution is 5.67. The minimum atomic E-state index is -0.731. The number of rotatable bonds is 4. The average molecular weight is 233 g/mol. The van der Waals surface area contributed by atoms with Crippen LogP contribution in [0.4, 0.5) is 5.69 Å². The van der Waals surface area contributed by atoms with Gasteiger partial charge in [-0.3, -0.25) is 4.79 Å². The van der Waals surface area contributed by atoms with Crippen LogP contribution in [-0.4, -0.2) is 24.2 Å². The summed E-state index contributed by atoms with van der Waals surface area (Å²) in [6.07, 6.45) is 4.73. The highest BCUT2D eigenvalue weighted by atomic mass is 16.4. The zero-order valence-electron chi connectivity index (χ0n) is 10.1. The van der Waals surface area contributed by atoms with Crippen LogP contribution >= 0.6 is 0 Å². The van der Waals surface area contributed by atoms with Crippen molar-refractivity contribution in [1.82, 2.24) is 0 Å². The van der Waals surface area contributed by atoms with E-state index in [1.54, 1.807) is 0 Å². The van der Waals surface area contributed by atoms with Crippen LogP contribution in [0.25, 0.3) is 0 Å². The molecule has 0 bridgehead atoms. The van der Waals surface area contributed by atoms with Crippen molar-refractivity contribution in [3.63, 3.8) is 0 Å². The Morgan fingerprint density at radius 3 is 2.35 bits per heavy atom. The van der Waals surface area contributed by atoms with Crippen LogP contribution in [0.1, 0.15) is 31.2 Å². The SMILES string of the molecule is O=C(O)CCc1ccc(N2CCCCC2)cc1. The first-order valence-electron chi connectivity index (χ1n) is 6.31. The third-order valence-corrected chi connectivity index (χ3v) is 3.29. The lowest BCUT2D eigenvalue weighted by atomic mass is 10.1. The van der Waals surface area contributed by atoms with Gasteiger partial charge in [0.05, 0.1) is 0 Å². The Morgan fingerprint density at radius 1 is 1.12 bits per heavy atom. The maximum atomic E-state index is 10.5. The normalized spacial score (nSPS) is 15.9. The Balaban J connectivity index is 1.94. The van der Waals surface area contributed by atoms with E-state index in [4.69, 9.17) is 5.11 Å². The van der Waals surface area contributed by atoms with Gasteiger partial charge in [-0.1, -0.05) is 12.1 Å². The number of aryl methyl sites for hydroxylation is 1. The van der Waals surface area contributed by atoms with Crippen molar-refractivity contribution in [2.75, 3.05) is 18.0 Å². The molecule has 0 atom stereocenters. The lowest BCUT2D eigenvalue weighted by Crippen LogP contribution is -2.29. The Bertz CT molecular complexity index is 366. The minimum Gasteiger partial charge on any atom is -0.481 e. The molecule has 1 aromatic carbocycles. The Morgan fingerprint density at radius 2 is 1.76 bits per heavy atom. The average Bonchev–Trinajstić information content (AvgIpc) is 2.38. The number of carboxylic acids is 1. The molecule has 0 saturated carbocycles. The van der Waals surface area contributed by atoms with Gasteiger partial charge < -0.3 is 10.0 Å². The minimum absolute atomic E-state index is 0.211. The molecule has 3 nitrogen and oxygen atoms in total. The molecule has 1 fully saturated rings. The van der Waals surface area contributed by atoms with Crippen LogP contribution in [0, 0.1) is 0 Å². The predicted octanol–water partition coefficient (Wildman–Crippen LogP) is 2.69. The molecule has 1 aromatic rings. The summed E-state index contributed by atoms with van der Waals surface area (Å²) in [5.74, 6) is -0.731. The number of anilines is 1. The Kier molecular flexibility index (Phi) is 4.02. The van der Waals surface area contributed by atoms with E-state index in [0.29, 0.717) is 6.42 Å². The molecule has 0 amide bonds. The molecule has 0 aliphatic carbocycles. The molecule has 92 valence electrons. The van der Waals surface area contributed by atoms with Gasteiger partial charge in [0, 0.05) is 25.2 Å². The molecule has 1 heterocycles. The maximum absolute atomic E-state index is 10.5. The first kappa shape index (κ1) is 12.0. The van der Waals surface area contributed by atoms with Crippen molar-refractivity contribution in [1.29, 1.82) is 0 Å². The van der Waals surface area contributed by atoms with Crippen molar-refractivity contribution >= 4 is 11.7 Å². The van der Waals surface area contributed by atoms with Gasteiger partial charge in [0.15, 0.2) is 0 Å². The standard InChI is InChI=1S/C14H19NO2/c16-14(17)9-6-12-4-7-13(8-5-12)15-10-2-1-3-11-15/h4-5,7-8H,1-3,6,9-11H2,(H,16,17). The van der Waals surface area contributed by atoms with Crippen molar-refractivity contribution in [3.8, 4) is 0 Å². The summed E-state index contributed by atoms with van der Waals surface area (Å²) < 4.78 is 0. The lowest BCUT2D eigenvalue weighted by Gasteiger charge is -2.28. The summed E-state index contributed by atoms with van der Waals surface area (Å²) in [6, 6.07) is 8.32. The van der Waals surface area contributed by atoms with Gasteiger partial charge in [-0.15, -0.1) is 0 Å². The van der Waals surface area contributed by atoms with Crippen LogP contribution < -0.4 is 4.90 Å². The number of hydrogen-bond acceptors (Lipinski definition) is 2. The highest BCUT2D eigenvalue weighted by Crippen LogP contribution is 2.20. The first-order chi connectivity index (χ1) is 8.25. The summed E-state index contributed by atoms with van der Waals surface area (Å²) in [4.78, 5) is 12.9. The molecule has 1 aliphatic heterocycles. The van der Waals surface area contributed by atoms with E-state index < -0.39 is 5.97 Å². The van der Waals surface area contributed by atoms with E-state index in [-0.39, 0.29) is 6.42 Å². The Labute approximate surface area is 102 Å². The number of piperidine rings is 1. The van der Waals surface area contributed by atoms with E-state index in [0.717, 1.165) is 18.7 Å². The van der Waals surface area contributed by atoms with E-state index in [1.807, 2.05) is 12.1 Å². The van der Waals surface area contributed by atoms with Crippen LogP contribution in [0.3, 0.4) is 0 Å². The van der Waals surface area contributed by atoms with Gasteiger partial charge in [0.1, 0.15) is 0 Å². The number of hydrogen-bond donors (Lipinski definition) is 1. The van der Waals surface area contributed by atoms with Gasteiger partial charge in [-0.25, -0.2) is 0 Å². The summed E-state index contributed by atoms with van der Waals surface area (Å²) in [5, 5.41) is 8.63. The topological polar surface area (TPSA) is 40.5 Å². The molecule has 1 N–H and O–H groups in total. The van der Waals surface area contributed by atoms with Crippen LogP contribution in [0.5, 0.6) is 0 Å². The van der Waals surface area contributed by atoms with Crippen molar-refractivity contribution in [3.05, 3.63) is 29.8 Å². The second-order valence-corrected chi connectivity index (χ2v) is 4.61. The molecule has 0 aromatic heterocycles. The largest absolute Gasteiger partial charge is 0.481 e. The zero-order chi connectivity index (χ0) is 12.1. The highest BCUT2D eigenvalue weighted by Gasteiger charge is 2.10. The summed E-state index contributed by atoms with van der Waals surface area (Å²) in [7, 11) is 0. The van der Waals surface area contributed by atoms with Crippen LogP contribution in [-0.2, 0) is 11.2 Å². The van der Waals surface area contributed by atoms with Crippen LogP contribution in [0.2, 0.25) is 0 Å². The van der Waals surface area contributed by atoms with Crippen molar-refractivity contribution < 1.29 is 9.90 Å². The van der Waals surface area contributed by atoms with Crippen molar-refractivity contribution in [2.24, 2.45) is 0 Å². The molecular weight excluding hydrogens is 214 g/mol. The third kappa shape index (κ3) is 3.48. The number of nitrogens with zero attached hydrogens (tertiary/aromatic N) is 1. The third-order valence-electron chi connectivity index (χ3n) is 3.29. The van der Waals surface area contributed by atoms with Gasteiger partial charge in [0.2, 0.25) is 0 Å². The summed E-state index contributed by atoms with van der Waals surface area (Å²) in [6.45, 7) is 2.29. The van der Waals surface area contributed by atoms with E-state index in [9.17, 15) is 4.79 Å². The zero-order valence-corrected chi connectivity index (χ0v) is 10.1. The predicted molar refractivity (Wildman–Crippen MR) is 68.5 cm³/mol. The van der Waals surface area contributed by atoms with Crippen LogP contribution in [0.15, 0.2) is 24.3 Å². The monoisotopic (exact) mass is 233 g/mol. The summed E-state index contributed by atoms with van der Waals surface area (Å²) in [5.41, 5.74) is 2.37. The molecule has 0 radical (unpaired) electrons. The van der Waals surface area contributed by atoms with Gasteiger partial charge >= 0.3 is 5.97 Å². The fourth-order valence-electron chi connectivity index (χ4n) is 2.28. The smallest absolute Gasteiger partial charge is 0.303 e. The van der Waals surface area contributed by atoms with Gasteiger partial charge in [0.25, 0.3) is 0 Å². The fraction of sp³-hybridized carbons (Fsp3) is 0.500. The maximum Gasteiger partial charge on any atom is 0.303 e. The first-order valence-corrected chi connectivity index (χ1v) is 6.31. The number of carbonyl (C=O) groups is 1. The molecule has 1 aliphatic rings. The van der Waals surface area contributed by atoms with E-state index >= 15 is 0 Å². The molecular formula is C14H19NO2.